The fourth-order valence-electron chi connectivity index (χ4n) is 3.59. The molecule has 8 nitrogen and oxygen atoms in total. The third-order valence-corrected chi connectivity index (χ3v) is 7.67. The predicted octanol–water partition coefficient (Wildman–Crippen LogP) is 4.06. The molecule has 0 atom stereocenters. The second-order valence-corrected chi connectivity index (χ2v) is 10.1. The Morgan fingerprint density at radius 1 is 1.03 bits per heavy atom. The normalized spacial score (nSPS) is 13.0. The average molecular weight is 493 g/mol. The SMILES string of the molecule is CCOC(=O)c1c(NC(=O)COC(=O)c2cc3c(s2)CCCCC3)sc(C(=O)N(C)C)c1C. The summed E-state index contributed by atoms with van der Waals surface area (Å²) in [5, 5.41) is 2.80. The van der Waals surface area contributed by atoms with Gasteiger partial charge in [-0.25, -0.2) is 9.59 Å². The van der Waals surface area contributed by atoms with Crippen molar-refractivity contribution in [1.29, 1.82) is 0 Å². The third-order valence-electron chi connectivity index (χ3n) is 5.26. The standard InChI is InChI=1S/C23H28N2O6S2/c1-5-30-23(29)18-13(2)19(21(27)25(3)4)33-20(18)24-17(26)12-31-22(28)16-11-14-9-7-6-8-10-15(14)32-16/h11H,5-10,12H2,1-4H3,(H,24,26). The summed E-state index contributed by atoms with van der Waals surface area (Å²) in [6.45, 7) is 2.96. The molecule has 2 heterocycles. The largest absolute Gasteiger partial charge is 0.462 e. The summed E-state index contributed by atoms with van der Waals surface area (Å²) in [6.07, 6.45) is 5.35. The average Bonchev–Trinajstić information content (AvgIpc) is 3.24. The third kappa shape index (κ3) is 5.80. The molecule has 1 aliphatic rings. The van der Waals surface area contributed by atoms with Gasteiger partial charge in [0.15, 0.2) is 6.61 Å². The van der Waals surface area contributed by atoms with E-state index in [2.05, 4.69) is 5.32 Å². The lowest BCUT2D eigenvalue weighted by Crippen LogP contribution is -2.21. The van der Waals surface area contributed by atoms with Crippen molar-refractivity contribution in [1.82, 2.24) is 4.90 Å². The Balaban J connectivity index is 1.70. The van der Waals surface area contributed by atoms with Crippen LogP contribution in [0.2, 0.25) is 0 Å². The molecule has 1 aliphatic carbocycles. The van der Waals surface area contributed by atoms with Crippen LogP contribution in [0, 0.1) is 6.92 Å². The quantitative estimate of drug-likeness (QED) is 0.462. The van der Waals surface area contributed by atoms with E-state index < -0.39 is 24.5 Å². The van der Waals surface area contributed by atoms with E-state index in [1.165, 1.54) is 33.1 Å². The highest BCUT2D eigenvalue weighted by molar-refractivity contribution is 7.18. The zero-order valence-corrected chi connectivity index (χ0v) is 20.9. The molecule has 3 rings (SSSR count). The van der Waals surface area contributed by atoms with Crippen molar-refractivity contribution >= 4 is 51.4 Å². The first-order chi connectivity index (χ1) is 15.7. The lowest BCUT2D eigenvalue weighted by molar-refractivity contribution is -0.119. The van der Waals surface area contributed by atoms with Crippen LogP contribution in [-0.2, 0) is 27.1 Å². The Morgan fingerprint density at radius 2 is 1.76 bits per heavy atom. The minimum Gasteiger partial charge on any atom is -0.462 e. The van der Waals surface area contributed by atoms with Gasteiger partial charge < -0.3 is 19.7 Å². The van der Waals surface area contributed by atoms with Crippen LogP contribution in [0.3, 0.4) is 0 Å². The van der Waals surface area contributed by atoms with Gasteiger partial charge in [-0.3, -0.25) is 9.59 Å². The molecule has 0 unspecified atom stereocenters. The second-order valence-electron chi connectivity index (χ2n) is 7.92. The molecule has 2 aromatic heterocycles. The number of esters is 2. The summed E-state index contributed by atoms with van der Waals surface area (Å²) in [6, 6.07) is 1.87. The maximum atomic E-state index is 12.5. The van der Waals surface area contributed by atoms with Crippen LogP contribution < -0.4 is 5.32 Å². The molecule has 0 bridgehead atoms. The fraction of sp³-hybridized carbons (Fsp3) is 0.478. The van der Waals surface area contributed by atoms with Crippen molar-refractivity contribution in [3.8, 4) is 0 Å². The van der Waals surface area contributed by atoms with Crippen molar-refractivity contribution in [3.63, 3.8) is 0 Å². The summed E-state index contributed by atoms with van der Waals surface area (Å²) in [5.74, 6) is -2.05. The van der Waals surface area contributed by atoms with Gasteiger partial charge in [0.05, 0.1) is 17.0 Å². The highest BCUT2D eigenvalue weighted by Crippen LogP contribution is 2.34. The van der Waals surface area contributed by atoms with Crippen LogP contribution in [-0.4, -0.2) is 56.0 Å². The molecule has 0 saturated carbocycles. The number of anilines is 1. The van der Waals surface area contributed by atoms with Crippen LogP contribution in [0.15, 0.2) is 6.07 Å². The number of hydrogen-bond donors (Lipinski definition) is 1. The first kappa shape index (κ1) is 24.9. The Labute approximate surface area is 200 Å². The molecule has 2 aromatic rings. The van der Waals surface area contributed by atoms with Crippen molar-refractivity contribution in [3.05, 3.63) is 37.4 Å². The molecule has 0 fully saturated rings. The lowest BCUT2D eigenvalue weighted by Gasteiger charge is -2.09. The van der Waals surface area contributed by atoms with E-state index in [0.717, 1.165) is 37.0 Å². The highest BCUT2D eigenvalue weighted by Gasteiger charge is 2.27. The van der Waals surface area contributed by atoms with E-state index in [1.54, 1.807) is 27.9 Å². The van der Waals surface area contributed by atoms with Gasteiger partial charge in [0.25, 0.3) is 11.8 Å². The van der Waals surface area contributed by atoms with Crippen molar-refractivity contribution < 1.29 is 28.7 Å². The zero-order chi connectivity index (χ0) is 24.1. The van der Waals surface area contributed by atoms with Crippen molar-refractivity contribution in [2.45, 2.75) is 46.0 Å². The Kier molecular flexibility index (Phi) is 8.25. The maximum absolute atomic E-state index is 12.5. The minimum absolute atomic E-state index is 0.133. The topological polar surface area (TPSA) is 102 Å². The van der Waals surface area contributed by atoms with Crippen molar-refractivity contribution in [2.75, 3.05) is 32.6 Å². The Morgan fingerprint density at radius 3 is 2.45 bits per heavy atom. The molecule has 0 aromatic carbocycles. The van der Waals surface area contributed by atoms with E-state index in [4.69, 9.17) is 9.47 Å². The van der Waals surface area contributed by atoms with Crippen LogP contribution in [0.5, 0.6) is 0 Å². The van der Waals surface area contributed by atoms with E-state index >= 15 is 0 Å². The first-order valence-corrected chi connectivity index (χ1v) is 12.5. The number of fused-ring (bicyclic) bond motifs is 1. The van der Waals surface area contributed by atoms with Gasteiger partial charge in [-0.1, -0.05) is 6.42 Å². The van der Waals surface area contributed by atoms with Crippen LogP contribution >= 0.6 is 22.7 Å². The number of thiophene rings is 2. The molecule has 2 amide bonds. The van der Waals surface area contributed by atoms with E-state index in [9.17, 15) is 19.2 Å². The molecule has 0 aliphatic heterocycles. The molecule has 0 spiro atoms. The smallest absolute Gasteiger partial charge is 0.348 e. The molecule has 1 N–H and O–H groups in total. The molecule has 10 heteroatoms. The fourth-order valence-corrected chi connectivity index (χ4v) is 5.97. The number of aryl methyl sites for hydroxylation is 2. The number of amides is 2. The summed E-state index contributed by atoms with van der Waals surface area (Å²) in [7, 11) is 3.21. The van der Waals surface area contributed by atoms with Crippen LogP contribution in [0.25, 0.3) is 0 Å². The number of rotatable bonds is 7. The molecule has 0 saturated heterocycles. The zero-order valence-electron chi connectivity index (χ0n) is 19.2. The highest BCUT2D eigenvalue weighted by atomic mass is 32.1. The van der Waals surface area contributed by atoms with Crippen molar-refractivity contribution in [2.24, 2.45) is 0 Å². The van der Waals surface area contributed by atoms with Crippen LogP contribution in [0.4, 0.5) is 5.00 Å². The number of carbonyl (C=O) groups is 4. The van der Waals surface area contributed by atoms with Crippen LogP contribution in [0.1, 0.15) is 71.9 Å². The lowest BCUT2D eigenvalue weighted by atomic mass is 10.1. The van der Waals surface area contributed by atoms with Gasteiger partial charge in [0.2, 0.25) is 0 Å². The summed E-state index contributed by atoms with van der Waals surface area (Å²) in [5.41, 5.74) is 1.76. The number of ether oxygens (including phenoxy) is 2. The summed E-state index contributed by atoms with van der Waals surface area (Å²) < 4.78 is 10.3. The Bertz CT molecular complexity index is 1050. The molecular formula is C23H28N2O6S2. The van der Waals surface area contributed by atoms with Gasteiger partial charge in [0.1, 0.15) is 9.88 Å². The van der Waals surface area contributed by atoms with Gasteiger partial charge >= 0.3 is 11.9 Å². The molecule has 178 valence electrons. The minimum atomic E-state index is -0.628. The molecule has 0 radical (unpaired) electrons. The molecular weight excluding hydrogens is 464 g/mol. The number of carbonyl (C=O) groups excluding carboxylic acids is 4. The number of hydrogen-bond acceptors (Lipinski definition) is 8. The van der Waals surface area contributed by atoms with E-state index in [1.807, 2.05) is 6.07 Å². The summed E-state index contributed by atoms with van der Waals surface area (Å²) in [4.78, 5) is 53.4. The van der Waals surface area contributed by atoms with E-state index in [0.29, 0.717) is 15.3 Å². The van der Waals surface area contributed by atoms with Gasteiger partial charge in [-0.05, 0) is 56.7 Å². The second kappa shape index (κ2) is 10.9. The summed E-state index contributed by atoms with van der Waals surface area (Å²) >= 11 is 2.42. The van der Waals surface area contributed by atoms with Gasteiger partial charge in [0, 0.05) is 19.0 Å². The van der Waals surface area contributed by atoms with Gasteiger partial charge in [-0.15, -0.1) is 22.7 Å². The Hall–Kier alpha value is -2.72. The first-order valence-electron chi connectivity index (χ1n) is 10.8. The monoisotopic (exact) mass is 492 g/mol. The number of nitrogens with zero attached hydrogens (tertiary/aromatic N) is 1. The van der Waals surface area contributed by atoms with E-state index in [-0.39, 0.29) is 23.1 Å². The van der Waals surface area contributed by atoms with Gasteiger partial charge in [-0.2, -0.15) is 0 Å². The molecule has 33 heavy (non-hydrogen) atoms. The number of nitrogens with one attached hydrogen (secondary N) is 1. The maximum Gasteiger partial charge on any atom is 0.348 e. The predicted molar refractivity (Wildman–Crippen MR) is 128 cm³/mol.